The number of carbonyl (C=O) groups is 1. The van der Waals surface area contributed by atoms with Gasteiger partial charge in [-0.2, -0.15) is 0 Å². The maximum Gasteiger partial charge on any atom is 0.336 e. The first-order chi connectivity index (χ1) is 15.7. The molecule has 0 spiro atoms. The maximum atomic E-state index is 13.2. The summed E-state index contributed by atoms with van der Waals surface area (Å²) in [4.78, 5) is 25.8. The van der Waals surface area contributed by atoms with Crippen LogP contribution in [0.4, 0.5) is 0 Å². The third-order valence-electron chi connectivity index (χ3n) is 5.25. The van der Waals surface area contributed by atoms with E-state index in [1.165, 1.54) is 6.08 Å². The molecule has 0 atom stereocenters. The van der Waals surface area contributed by atoms with Gasteiger partial charge in [-0.3, -0.25) is 4.79 Å². The van der Waals surface area contributed by atoms with Gasteiger partial charge in [0.1, 0.15) is 5.58 Å². The molecule has 1 heterocycles. The van der Waals surface area contributed by atoms with Crippen LogP contribution in [0.5, 0.6) is 5.75 Å². The van der Waals surface area contributed by atoms with Crippen molar-refractivity contribution in [1.29, 1.82) is 0 Å². The Morgan fingerprint density at radius 3 is 2.27 bits per heavy atom. The number of rotatable bonds is 4. The number of hydrogen-bond acceptors (Lipinski definition) is 4. The smallest absolute Gasteiger partial charge is 0.336 e. The molecule has 0 aliphatic rings. The predicted octanol–water partition coefficient (Wildman–Crippen LogP) is 7.03. The van der Waals surface area contributed by atoms with Crippen molar-refractivity contribution in [2.45, 2.75) is 26.2 Å². The molecule has 4 rings (SSSR count). The predicted molar refractivity (Wildman–Crippen MR) is 133 cm³/mol. The van der Waals surface area contributed by atoms with Crippen LogP contribution in [-0.4, -0.2) is 5.97 Å². The highest BCUT2D eigenvalue weighted by atomic mass is 35.5. The van der Waals surface area contributed by atoms with Gasteiger partial charge in [-0.1, -0.05) is 80.9 Å². The van der Waals surface area contributed by atoms with Gasteiger partial charge in [0.2, 0.25) is 11.2 Å². The standard InChI is InChI=1S/C28H23ClO4/c1-28(2,3)20-13-11-19(12-14-20)26-27(25(31)22-6-4-5-7-23(22)32-26)33-24(30)17-10-18-8-15-21(29)16-9-18/h4-17H,1-3H3/b17-10+. The van der Waals surface area contributed by atoms with E-state index in [1.807, 2.05) is 24.3 Å². The van der Waals surface area contributed by atoms with E-state index < -0.39 is 11.4 Å². The molecule has 166 valence electrons. The molecule has 0 aliphatic heterocycles. The van der Waals surface area contributed by atoms with Crippen molar-refractivity contribution in [3.8, 4) is 17.1 Å². The van der Waals surface area contributed by atoms with Crippen LogP contribution in [0.25, 0.3) is 28.4 Å². The van der Waals surface area contributed by atoms with Gasteiger partial charge in [0.15, 0.2) is 5.76 Å². The van der Waals surface area contributed by atoms with E-state index in [4.69, 9.17) is 20.8 Å². The fourth-order valence-electron chi connectivity index (χ4n) is 3.40. The normalized spacial score (nSPS) is 11.8. The Morgan fingerprint density at radius 1 is 0.939 bits per heavy atom. The van der Waals surface area contributed by atoms with Gasteiger partial charge in [0.25, 0.3) is 0 Å². The van der Waals surface area contributed by atoms with Crippen molar-refractivity contribution in [3.63, 3.8) is 0 Å². The Hall–Kier alpha value is -3.63. The maximum absolute atomic E-state index is 13.2. The highest BCUT2D eigenvalue weighted by molar-refractivity contribution is 6.30. The van der Waals surface area contributed by atoms with Gasteiger partial charge in [0, 0.05) is 16.7 Å². The minimum atomic E-state index is -0.680. The van der Waals surface area contributed by atoms with Crippen LogP contribution in [0.3, 0.4) is 0 Å². The van der Waals surface area contributed by atoms with Crippen LogP contribution in [-0.2, 0) is 10.2 Å². The highest BCUT2D eigenvalue weighted by Crippen LogP contribution is 2.33. The van der Waals surface area contributed by atoms with E-state index in [-0.39, 0.29) is 16.9 Å². The molecule has 1 aromatic heterocycles. The summed E-state index contributed by atoms with van der Waals surface area (Å²) < 4.78 is 11.6. The summed E-state index contributed by atoms with van der Waals surface area (Å²) in [5, 5.41) is 0.947. The first kappa shape index (κ1) is 22.6. The molecular weight excluding hydrogens is 436 g/mol. The van der Waals surface area contributed by atoms with Crippen molar-refractivity contribution >= 4 is 34.6 Å². The summed E-state index contributed by atoms with van der Waals surface area (Å²) in [7, 11) is 0. The second kappa shape index (κ2) is 9.08. The van der Waals surface area contributed by atoms with Crippen molar-refractivity contribution < 1.29 is 13.9 Å². The molecule has 0 N–H and O–H groups in total. The van der Waals surface area contributed by atoms with Crippen LogP contribution in [0.15, 0.2) is 88.1 Å². The fraction of sp³-hybridized carbons (Fsp3) is 0.143. The van der Waals surface area contributed by atoms with E-state index >= 15 is 0 Å². The molecule has 0 aliphatic carbocycles. The Kier molecular flexibility index (Phi) is 6.21. The largest absolute Gasteiger partial charge is 0.452 e. The Balaban J connectivity index is 1.74. The summed E-state index contributed by atoms with van der Waals surface area (Å²) in [5.41, 5.74) is 2.56. The molecule has 0 saturated carbocycles. The zero-order valence-electron chi connectivity index (χ0n) is 18.6. The first-order valence-electron chi connectivity index (χ1n) is 10.5. The van der Waals surface area contributed by atoms with Gasteiger partial charge in [0.05, 0.1) is 5.39 Å². The summed E-state index contributed by atoms with van der Waals surface area (Å²) in [6, 6.07) is 21.6. The van der Waals surface area contributed by atoms with Crippen molar-refractivity contribution in [3.05, 3.63) is 105 Å². The lowest BCUT2D eigenvalue weighted by molar-refractivity contribution is -0.129. The summed E-state index contributed by atoms with van der Waals surface area (Å²) in [6.45, 7) is 6.37. The Labute approximate surface area is 197 Å². The number of para-hydroxylation sites is 1. The monoisotopic (exact) mass is 458 g/mol. The second-order valence-electron chi connectivity index (χ2n) is 8.72. The number of esters is 1. The van der Waals surface area contributed by atoms with Crippen molar-refractivity contribution in [1.82, 2.24) is 0 Å². The van der Waals surface area contributed by atoms with Gasteiger partial charge in [-0.25, -0.2) is 4.79 Å². The number of halogens is 1. The highest BCUT2D eigenvalue weighted by Gasteiger charge is 2.21. The zero-order valence-corrected chi connectivity index (χ0v) is 19.3. The number of benzene rings is 3. The summed E-state index contributed by atoms with van der Waals surface area (Å²) in [6.07, 6.45) is 2.86. The molecule has 3 aromatic carbocycles. The zero-order chi connectivity index (χ0) is 23.6. The van der Waals surface area contributed by atoms with Crippen LogP contribution < -0.4 is 10.2 Å². The van der Waals surface area contributed by atoms with E-state index in [0.717, 1.165) is 11.1 Å². The minimum Gasteiger partial charge on any atom is -0.452 e. The third-order valence-corrected chi connectivity index (χ3v) is 5.51. The summed E-state index contributed by atoms with van der Waals surface area (Å²) in [5.74, 6) is -0.601. The van der Waals surface area contributed by atoms with Gasteiger partial charge >= 0.3 is 5.97 Å². The van der Waals surface area contributed by atoms with E-state index in [2.05, 4.69) is 20.8 Å². The molecule has 0 fully saturated rings. The molecule has 0 saturated heterocycles. The lowest BCUT2D eigenvalue weighted by Crippen LogP contribution is -2.14. The van der Waals surface area contributed by atoms with E-state index in [0.29, 0.717) is 21.6 Å². The molecule has 0 unspecified atom stereocenters. The SMILES string of the molecule is CC(C)(C)c1ccc(-c2oc3ccccc3c(=O)c2OC(=O)/C=C/c2ccc(Cl)cc2)cc1. The molecule has 0 bridgehead atoms. The van der Waals surface area contributed by atoms with Crippen LogP contribution >= 0.6 is 11.6 Å². The lowest BCUT2D eigenvalue weighted by Gasteiger charge is -2.19. The minimum absolute atomic E-state index is 0.0233. The lowest BCUT2D eigenvalue weighted by atomic mass is 9.86. The average molecular weight is 459 g/mol. The molecule has 33 heavy (non-hydrogen) atoms. The van der Waals surface area contributed by atoms with Crippen LogP contribution in [0.2, 0.25) is 5.02 Å². The first-order valence-corrected chi connectivity index (χ1v) is 10.9. The number of fused-ring (bicyclic) bond motifs is 1. The molecular formula is C28H23ClO4. The quantitative estimate of drug-likeness (QED) is 0.243. The molecule has 0 amide bonds. The second-order valence-corrected chi connectivity index (χ2v) is 9.16. The van der Waals surface area contributed by atoms with Crippen LogP contribution in [0, 0.1) is 0 Å². The number of hydrogen-bond donors (Lipinski definition) is 0. The number of ether oxygens (including phenoxy) is 1. The van der Waals surface area contributed by atoms with Crippen molar-refractivity contribution in [2.75, 3.05) is 0 Å². The van der Waals surface area contributed by atoms with E-state index in [1.54, 1.807) is 54.6 Å². The van der Waals surface area contributed by atoms with Gasteiger partial charge in [-0.05, 0) is 46.9 Å². The van der Waals surface area contributed by atoms with Gasteiger partial charge in [-0.15, -0.1) is 0 Å². The summed E-state index contributed by atoms with van der Waals surface area (Å²) >= 11 is 5.90. The van der Waals surface area contributed by atoms with Crippen LogP contribution in [0.1, 0.15) is 31.9 Å². The average Bonchev–Trinajstić information content (AvgIpc) is 2.80. The third kappa shape index (κ3) is 5.07. The topological polar surface area (TPSA) is 56.5 Å². The van der Waals surface area contributed by atoms with Crippen molar-refractivity contribution in [2.24, 2.45) is 0 Å². The fourth-order valence-corrected chi connectivity index (χ4v) is 3.53. The molecule has 4 nitrogen and oxygen atoms in total. The Morgan fingerprint density at radius 2 is 1.61 bits per heavy atom. The van der Waals surface area contributed by atoms with E-state index in [9.17, 15) is 9.59 Å². The molecule has 4 aromatic rings. The number of carbonyl (C=O) groups excluding carboxylic acids is 1. The Bertz CT molecular complexity index is 1390. The molecule has 0 radical (unpaired) electrons. The molecule has 5 heteroatoms. The van der Waals surface area contributed by atoms with Gasteiger partial charge < -0.3 is 9.15 Å².